The summed E-state index contributed by atoms with van der Waals surface area (Å²) in [5.74, 6) is -0.873. The SMILES string of the molecule is CCCNC(=O)[C@@H](C)N(Cc1cccc(Cl)c1)C(=O)CN(c1ccc(Cl)cc1C)S(=O)(=O)c1ccc(C)cc1. The van der Waals surface area contributed by atoms with E-state index >= 15 is 0 Å². The number of carbonyl (C=O) groups excluding carboxylic acids is 2. The molecule has 1 N–H and O–H groups in total. The minimum atomic E-state index is -4.15. The van der Waals surface area contributed by atoms with Crippen molar-refractivity contribution in [2.75, 3.05) is 17.4 Å². The highest BCUT2D eigenvalue weighted by Crippen LogP contribution is 2.29. The zero-order valence-electron chi connectivity index (χ0n) is 22.4. The molecule has 0 radical (unpaired) electrons. The Balaban J connectivity index is 2.05. The molecule has 0 aromatic heterocycles. The molecule has 0 unspecified atom stereocenters. The summed E-state index contributed by atoms with van der Waals surface area (Å²) in [6, 6.07) is 17.3. The molecule has 0 spiro atoms. The van der Waals surface area contributed by atoms with Crippen molar-refractivity contribution in [1.29, 1.82) is 0 Å². The lowest BCUT2D eigenvalue weighted by Crippen LogP contribution is -2.51. The van der Waals surface area contributed by atoms with Crippen molar-refractivity contribution in [3.8, 4) is 0 Å². The molecule has 3 aromatic carbocycles. The number of hydrogen-bond acceptors (Lipinski definition) is 4. The van der Waals surface area contributed by atoms with Gasteiger partial charge < -0.3 is 10.2 Å². The van der Waals surface area contributed by atoms with Gasteiger partial charge >= 0.3 is 0 Å². The van der Waals surface area contributed by atoms with E-state index in [4.69, 9.17) is 23.2 Å². The van der Waals surface area contributed by atoms with Crippen LogP contribution in [0.1, 0.15) is 37.0 Å². The number of carbonyl (C=O) groups is 2. The Kier molecular flexibility index (Phi) is 10.4. The van der Waals surface area contributed by atoms with Gasteiger partial charge in [-0.25, -0.2) is 8.42 Å². The van der Waals surface area contributed by atoms with Gasteiger partial charge in [0, 0.05) is 23.1 Å². The minimum Gasteiger partial charge on any atom is -0.354 e. The second-order valence-corrected chi connectivity index (χ2v) is 12.1. The first kappa shape index (κ1) is 30.5. The fraction of sp³-hybridized carbons (Fsp3) is 0.310. The Bertz CT molecular complexity index is 1430. The van der Waals surface area contributed by atoms with Crippen LogP contribution in [0, 0.1) is 13.8 Å². The molecule has 0 aliphatic heterocycles. The van der Waals surface area contributed by atoms with Crippen LogP contribution >= 0.6 is 23.2 Å². The average molecular weight is 591 g/mol. The van der Waals surface area contributed by atoms with E-state index < -0.39 is 28.5 Å². The van der Waals surface area contributed by atoms with E-state index in [1.807, 2.05) is 13.8 Å². The first-order valence-corrected chi connectivity index (χ1v) is 14.8. The molecule has 1 atom stereocenters. The Hall–Kier alpha value is -3.07. The van der Waals surface area contributed by atoms with Crippen LogP contribution in [0.25, 0.3) is 0 Å². The first-order chi connectivity index (χ1) is 18.4. The molecule has 3 rings (SSSR count). The lowest BCUT2D eigenvalue weighted by molar-refractivity contribution is -0.139. The summed E-state index contributed by atoms with van der Waals surface area (Å²) in [7, 11) is -4.15. The van der Waals surface area contributed by atoms with Gasteiger partial charge in [-0.2, -0.15) is 0 Å². The van der Waals surface area contributed by atoms with Crippen molar-refractivity contribution in [3.05, 3.63) is 93.5 Å². The number of sulfonamides is 1. The van der Waals surface area contributed by atoms with E-state index in [0.29, 0.717) is 33.4 Å². The Morgan fingerprint density at radius 3 is 2.23 bits per heavy atom. The number of nitrogens with zero attached hydrogens (tertiary/aromatic N) is 2. The Morgan fingerprint density at radius 2 is 1.62 bits per heavy atom. The van der Waals surface area contributed by atoms with Gasteiger partial charge in [0.25, 0.3) is 10.0 Å². The number of benzene rings is 3. The largest absolute Gasteiger partial charge is 0.354 e. The normalized spacial score (nSPS) is 12.1. The quantitative estimate of drug-likeness (QED) is 0.308. The number of aryl methyl sites for hydroxylation is 2. The van der Waals surface area contributed by atoms with Crippen LogP contribution in [-0.2, 0) is 26.2 Å². The molecular weight excluding hydrogens is 557 g/mol. The molecule has 0 fully saturated rings. The van der Waals surface area contributed by atoms with Crippen LogP contribution in [0.2, 0.25) is 10.0 Å². The number of hydrogen-bond donors (Lipinski definition) is 1. The van der Waals surface area contributed by atoms with Crippen LogP contribution in [0.5, 0.6) is 0 Å². The van der Waals surface area contributed by atoms with E-state index in [1.165, 1.54) is 17.0 Å². The lowest BCUT2D eigenvalue weighted by Gasteiger charge is -2.32. The summed E-state index contributed by atoms with van der Waals surface area (Å²) in [5, 5.41) is 3.75. The summed E-state index contributed by atoms with van der Waals surface area (Å²) in [4.78, 5) is 28.3. The highest BCUT2D eigenvalue weighted by molar-refractivity contribution is 7.92. The molecule has 0 saturated heterocycles. The van der Waals surface area contributed by atoms with Crippen molar-refractivity contribution in [2.45, 2.75) is 51.6 Å². The molecule has 0 heterocycles. The van der Waals surface area contributed by atoms with Crippen LogP contribution in [0.15, 0.2) is 71.6 Å². The predicted octanol–water partition coefficient (Wildman–Crippen LogP) is 5.75. The van der Waals surface area contributed by atoms with Gasteiger partial charge in [-0.05, 0) is 80.8 Å². The van der Waals surface area contributed by atoms with Crippen molar-refractivity contribution in [2.24, 2.45) is 0 Å². The second-order valence-electron chi connectivity index (χ2n) is 9.37. The number of rotatable bonds is 11. The van der Waals surface area contributed by atoms with Gasteiger partial charge in [0.1, 0.15) is 12.6 Å². The molecule has 39 heavy (non-hydrogen) atoms. The zero-order valence-corrected chi connectivity index (χ0v) is 24.8. The number of halogens is 2. The third kappa shape index (κ3) is 7.75. The summed E-state index contributed by atoms with van der Waals surface area (Å²) in [5.41, 5.74) is 2.51. The molecule has 0 aliphatic carbocycles. The number of nitrogens with one attached hydrogen (secondary N) is 1. The smallest absolute Gasteiger partial charge is 0.264 e. The fourth-order valence-corrected chi connectivity index (χ4v) is 5.98. The monoisotopic (exact) mass is 589 g/mol. The average Bonchev–Trinajstić information content (AvgIpc) is 2.89. The minimum absolute atomic E-state index is 0.0466. The summed E-state index contributed by atoms with van der Waals surface area (Å²) >= 11 is 12.3. The third-order valence-electron chi connectivity index (χ3n) is 6.27. The van der Waals surface area contributed by atoms with E-state index in [9.17, 15) is 18.0 Å². The highest BCUT2D eigenvalue weighted by atomic mass is 35.5. The zero-order chi connectivity index (χ0) is 28.7. The maximum Gasteiger partial charge on any atom is 0.264 e. The molecule has 0 bridgehead atoms. The van der Waals surface area contributed by atoms with Crippen LogP contribution in [0.3, 0.4) is 0 Å². The second kappa shape index (κ2) is 13.3. The predicted molar refractivity (Wildman–Crippen MR) is 157 cm³/mol. The molecule has 3 aromatic rings. The van der Waals surface area contributed by atoms with E-state index in [2.05, 4.69) is 5.32 Å². The van der Waals surface area contributed by atoms with Gasteiger partial charge in [-0.3, -0.25) is 13.9 Å². The van der Waals surface area contributed by atoms with Gasteiger partial charge in [0.15, 0.2) is 0 Å². The van der Waals surface area contributed by atoms with Crippen LogP contribution < -0.4 is 9.62 Å². The van der Waals surface area contributed by atoms with Gasteiger partial charge in [-0.15, -0.1) is 0 Å². The van der Waals surface area contributed by atoms with Gasteiger partial charge in [-0.1, -0.05) is 60.0 Å². The fourth-order valence-electron chi connectivity index (χ4n) is 4.06. The maximum atomic E-state index is 13.9. The third-order valence-corrected chi connectivity index (χ3v) is 8.52. The van der Waals surface area contributed by atoms with Crippen molar-refractivity contribution in [1.82, 2.24) is 10.2 Å². The Labute approximate surface area is 240 Å². The standard InChI is InChI=1S/C29H33Cl2N3O4S/c1-5-15-32-29(36)22(4)33(18-23-7-6-8-24(30)17-23)28(35)19-34(27-14-11-25(31)16-21(27)3)39(37,38)26-12-9-20(2)10-13-26/h6-14,16-17,22H,5,15,18-19H2,1-4H3,(H,32,36)/t22-/m1/s1. The van der Waals surface area contributed by atoms with Crippen LogP contribution in [0.4, 0.5) is 5.69 Å². The van der Waals surface area contributed by atoms with E-state index in [0.717, 1.165) is 16.3 Å². The van der Waals surface area contributed by atoms with E-state index in [1.54, 1.807) is 68.4 Å². The first-order valence-electron chi connectivity index (χ1n) is 12.6. The lowest BCUT2D eigenvalue weighted by atomic mass is 10.1. The molecule has 0 saturated carbocycles. The molecule has 10 heteroatoms. The molecule has 0 aliphatic rings. The molecule has 208 valence electrons. The van der Waals surface area contributed by atoms with Crippen molar-refractivity contribution >= 4 is 50.7 Å². The summed E-state index contributed by atoms with van der Waals surface area (Å²) in [6.07, 6.45) is 0.735. The maximum absolute atomic E-state index is 13.9. The van der Waals surface area contributed by atoms with Crippen LogP contribution in [-0.4, -0.2) is 44.3 Å². The summed E-state index contributed by atoms with van der Waals surface area (Å²) in [6.45, 7) is 7.15. The van der Waals surface area contributed by atoms with E-state index in [-0.39, 0.29) is 17.3 Å². The highest BCUT2D eigenvalue weighted by Gasteiger charge is 2.33. The van der Waals surface area contributed by atoms with Crippen molar-refractivity contribution in [3.63, 3.8) is 0 Å². The topological polar surface area (TPSA) is 86.8 Å². The summed E-state index contributed by atoms with van der Waals surface area (Å²) < 4.78 is 28.9. The molecule has 2 amide bonds. The molecular formula is C29H33Cl2N3O4S. The van der Waals surface area contributed by atoms with Gasteiger partial charge in [0.2, 0.25) is 11.8 Å². The number of amides is 2. The Morgan fingerprint density at radius 1 is 0.949 bits per heavy atom. The van der Waals surface area contributed by atoms with Crippen molar-refractivity contribution < 1.29 is 18.0 Å². The van der Waals surface area contributed by atoms with Gasteiger partial charge in [0.05, 0.1) is 10.6 Å². The molecule has 7 nitrogen and oxygen atoms in total. The number of anilines is 1.